The number of hydrogen-bond donors (Lipinski definition) is 1. The summed E-state index contributed by atoms with van der Waals surface area (Å²) in [5.74, 6) is -1.09. The third-order valence-electron chi connectivity index (χ3n) is 4.19. The largest absolute Gasteiger partial charge is 0.481 e. The number of rotatable bonds is 3. The van der Waals surface area contributed by atoms with E-state index in [1.54, 1.807) is 4.90 Å². The lowest BCUT2D eigenvalue weighted by atomic mass is 9.91. The summed E-state index contributed by atoms with van der Waals surface area (Å²) in [4.78, 5) is 38.2. The fourth-order valence-electron chi connectivity index (χ4n) is 2.78. The molecule has 2 heterocycles. The SMILES string of the molecule is CC(C)C(=O)N1CCC(C(=O)N2CC(C(=O)O)C2)CC1. The Morgan fingerprint density at radius 1 is 1.00 bits per heavy atom. The molecule has 2 aliphatic heterocycles. The van der Waals surface area contributed by atoms with E-state index in [1.807, 2.05) is 18.7 Å². The van der Waals surface area contributed by atoms with Gasteiger partial charge in [-0.15, -0.1) is 0 Å². The lowest BCUT2D eigenvalue weighted by molar-refractivity contribution is -0.156. The van der Waals surface area contributed by atoms with Gasteiger partial charge in [-0.2, -0.15) is 0 Å². The molecular weight excluding hydrogens is 260 g/mol. The molecule has 0 unspecified atom stereocenters. The fourth-order valence-corrected chi connectivity index (χ4v) is 2.78. The Hall–Kier alpha value is -1.59. The van der Waals surface area contributed by atoms with Crippen LogP contribution in [0.25, 0.3) is 0 Å². The number of carbonyl (C=O) groups is 3. The molecule has 6 heteroatoms. The standard InChI is InChI=1S/C14H22N2O4/c1-9(2)12(17)15-5-3-10(4-6-15)13(18)16-7-11(8-16)14(19)20/h9-11H,3-8H2,1-2H3,(H,19,20). The number of carboxylic acids is 1. The van der Waals surface area contributed by atoms with Crippen LogP contribution in [0.2, 0.25) is 0 Å². The van der Waals surface area contributed by atoms with Crippen LogP contribution >= 0.6 is 0 Å². The van der Waals surface area contributed by atoms with Gasteiger partial charge in [-0.1, -0.05) is 13.8 Å². The zero-order chi connectivity index (χ0) is 14.9. The zero-order valence-electron chi connectivity index (χ0n) is 12.0. The van der Waals surface area contributed by atoms with Crippen LogP contribution in [0.3, 0.4) is 0 Å². The second-order valence-corrected chi connectivity index (χ2v) is 6.03. The Morgan fingerprint density at radius 3 is 2.00 bits per heavy atom. The summed E-state index contributed by atoms with van der Waals surface area (Å²) < 4.78 is 0. The molecule has 0 aliphatic carbocycles. The Kier molecular flexibility index (Phi) is 4.30. The summed E-state index contributed by atoms with van der Waals surface area (Å²) in [7, 11) is 0. The molecule has 2 fully saturated rings. The van der Waals surface area contributed by atoms with Crippen LogP contribution in [0, 0.1) is 17.8 Å². The minimum Gasteiger partial charge on any atom is -0.481 e. The van der Waals surface area contributed by atoms with Gasteiger partial charge in [-0.05, 0) is 12.8 Å². The van der Waals surface area contributed by atoms with Crippen molar-refractivity contribution in [2.75, 3.05) is 26.2 Å². The van der Waals surface area contributed by atoms with E-state index in [1.165, 1.54) is 0 Å². The maximum absolute atomic E-state index is 12.2. The molecule has 0 spiro atoms. The second kappa shape index (κ2) is 5.81. The van der Waals surface area contributed by atoms with Gasteiger partial charge in [-0.3, -0.25) is 14.4 Å². The predicted molar refractivity (Wildman–Crippen MR) is 71.8 cm³/mol. The minimum absolute atomic E-state index is 0.00559. The van der Waals surface area contributed by atoms with Crippen molar-refractivity contribution in [2.45, 2.75) is 26.7 Å². The monoisotopic (exact) mass is 282 g/mol. The van der Waals surface area contributed by atoms with Gasteiger partial charge in [-0.25, -0.2) is 0 Å². The first-order valence-electron chi connectivity index (χ1n) is 7.20. The number of carboxylic acid groups (broad SMARTS) is 1. The number of nitrogens with zero attached hydrogens (tertiary/aromatic N) is 2. The molecule has 0 atom stereocenters. The number of aliphatic carboxylic acids is 1. The first-order valence-corrected chi connectivity index (χ1v) is 7.20. The Bertz CT molecular complexity index is 407. The van der Waals surface area contributed by atoms with Gasteiger partial charge in [0.2, 0.25) is 11.8 Å². The lowest BCUT2D eigenvalue weighted by Crippen LogP contribution is -2.56. The molecule has 0 bridgehead atoms. The van der Waals surface area contributed by atoms with Gasteiger partial charge >= 0.3 is 5.97 Å². The van der Waals surface area contributed by atoms with Crippen molar-refractivity contribution < 1.29 is 19.5 Å². The molecule has 0 aromatic carbocycles. The van der Waals surface area contributed by atoms with Gasteiger partial charge in [0.1, 0.15) is 0 Å². The van der Waals surface area contributed by atoms with Gasteiger partial charge < -0.3 is 14.9 Å². The average Bonchev–Trinajstić information content (AvgIpc) is 2.35. The maximum atomic E-state index is 12.2. The van der Waals surface area contributed by atoms with Crippen LogP contribution in [0.15, 0.2) is 0 Å². The predicted octanol–water partition coefficient (Wildman–Crippen LogP) is 0.424. The van der Waals surface area contributed by atoms with Crippen LogP contribution in [0.5, 0.6) is 0 Å². The summed E-state index contributed by atoms with van der Waals surface area (Å²) in [5.41, 5.74) is 0. The van der Waals surface area contributed by atoms with E-state index in [0.717, 1.165) is 0 Å². The molecule has 0 aromatic heterocycles. The molecule has 6 nitrogen and oxygen atoms in total. The molecular formula is C14H22N2O4. The minimum atomic E-state index is -0.827. The first-order chi connectivity index (χ1) is 9.40. The van der Waals surface area contributed by atoms with Crippen LogP contribution in [-0.4, -0.2) is 58.9 Å². The lowest BCUT2D eigenvalue weighted by Gasteiger charge is -2.41. The highest BCUT2D eigenvalue weighted by atomic mass is 16.4. The van der Waals surface area contributed by atoms with E-state index < -0.39 is 11.9 Å². The summed E-state index contributed by atoms with van der Waals surface area (Å²) >= 11 is 0. The van der Waals surface area contributed by atoms with Gasteiger partial charge in [0, 0.05) is 38.0 Å². The highest BCUT2D eigenvalue weighted by molar-refractivity contribution is 5.83. The normalized spacial score (nSPS) is 20.9. The van der Waals surface area contributed by atoms with Crippen molar-refractivity contribution in [1.82, 2.24) is 9.80 Å². The molecule has 2 rings (SSSR count). The molecule has 2 saturated heterocycles. The average molecular weight is 282 g/mol. The quantitative estimate of drug-likeness (QED) is 0.814. The Labute approximate surface area is 118 Å². The van der Waals surface area contributed by atoms with Crippen molar-refractivity contribution in [1.29, 1.82) is 0 Å². The third kappa shape index (κ3) is 2.94. The summed E-state index contributed by atoms with van der Waals surface area (Å²) in [6.45, 7) is 5.68. The van der Waals surface area contributed by atoms with E-state index in [4.69, 9.17) is 5.11 Å². The van der Waals surface area contributed by atoms with Crippen LogP contribution in [0.1, 0.15) is 26.7 Å². The van der Waals surface area contributed by atoms with Crippen LogP contribution < -0.4 is 0 Å². The Morgan fingerprint density at radius 2 is 1.55 bits per heavy atom. The summed E-state index contributed by atoms with van der Waals surface area (Å²) in [6, 6.07) is 0. The molecule has 2 amide bonds. The van der Waals surface area contributed by atoms with Crippen LogP contribution in [0.4, 0.5) is 0 Å². The third-order valence-corrected chi connectivity index (χ3v) is 4.19. The van der Waals surface area contributed by atoms with E-state index in [0.29, 0.717) is 39.0 Å². The van der Waals surface area contributed by atoms with Gasteiger partial charge in [0.15, 0.2) is 0 Å². The van der Waals surface area contributed by atoms with E-state index in [9.17, 15) is 14.4 Å². The molecule has 0 saturated carbocycles. The summed E-state index contributed by atoms with van der Waals surface area (Å²) in [5, 5.41) is 8.81. The zero-order valence-corrected chi connectivity index (χ0v) is 12.0. The van der Waals surface area contributed by atoms with Crippen molar-refractivity contribution in [3.8, 4) is 0 Å². The first kappa shape index (κ1) is 14.8. The van der Waals surface area contributed by atoms with Crippen molar-refractivity contribution in [3.05, 3.63) is 0 Å². The number of likely N-dealkylation sites (tertiary alicyclic amines) is 2. The maximum Gasteiger partial charge on any atom is 0.310 e. The van der Waals surface area contributed by atoms with Gasteiger partial charge in [0.05, 0.1) is 5.92 Å². The van der Waals surface area contributed by atoms with Crippen LogP contribution in [-0.2, 0) is 14.4 Å². The topological polar surface area (TPSA) is 77.9 Å². The summed E-state index contributed by atoms with van der Waals surface area (Å²) in [6.07, 6.45) is 1.37. The van der Waals surface area contributed by atoms with E-state index in [-0.39, 0.29) is 23.7 Å². The van der Waals surface area contributed by atoms with E-state index in [2.05, 4.69) is 0 Å². The molecule has 20 heavy (non-hydrogen) atoms. The molecule has 0 aromatic rings. The highest BCUT2D eigenvalue weighted by Crippen LogP contribution is 2.25. The number of amides is 2. The van der Waals surface area contributed by atoms with Gasteiger partial charge in [0.25, 0.3) is 0 Å². The van der Waals surface area contributed by atoms with Crippen molar-refractivity contribution >= 4 is 17.8 Å². The van der Waals surface area contributed by atoms with Crippen molar-refractivity contribution in [2.24, 2.45) is 17.8 Å². The molecule has 2 aliphatic rings. The number of hydrogen-bond acceptors (Lipinski definition) is 3. The van der Waals surface area contributed by atoms with Crippen molar-refractivity contribution in [3.63, 3.8) is 0 Å². The molecule has 0 radical (unpaired) electrons. The van der Waals surface area contributed by atoms with E-state index >= 15 is 0 Å². The Balaban J connectivity index is 1.78. The highest BCUT2D eigenvalue weighted by Gasteiger charge is 2.39. The number of carbonyl (C=O) groups excluding carboxylic acids is 2. The second-order valence-electron chi connectivity index (χ2n) is 6.03. The molecule has 1 N–H and O–H groups in total. The smallest absolute Gasteiger partial charge is 0.310 e. The number of piperidine rings is 1. The fraction of sp³-hybridized carbons (Fsp3) is 0.786. The molecule has 112 valence electrons.